The Bertz CT molecular complexity index is 1650. The predicted octanol–water partition coefficient (Wildman–Crippen LogP) is 3.26. The number of aromatic amines is 1. The molecule has 3 heterocycles. The van der Waals surface area contributed by atoms with Crippen LogP contribution in [0.15, 0.2) is 74.8 Å². The average Bonchev–Trinajstić information content (AvgIpc) is 3.34. The van der Waals surface area contributed by atoms with Crippen LogP contribution in [-0.4, -0.2) is 33.4 Å². The van der Waals surface area contributed by atoms with Gasteiger partial charge in [-0.05, 0) is 74.5 Å². The first kappa shape index (κ1) is 21.4. The van der Waals surface area contributed by atoms with E-state index in [2.05, 4.69) is 30.3 Å². The fraction of sp³-hybridized carbons (Fsp3) is 0.0909. The average molecular weight is 478 g/mol. The summed E-state index contributed by atoms with van der Waals surface area (Å²) in [5, 5.41) is 15.9. The smallest absolute Gasteiger partial charge is 0.408 e. The van der Waals surface area contributed by atoms with Crippen molar-refractivity contribution in [1.82, 2.24) is 25.0 Å². The summed E-state index contributed by atoms with van der Waals surface area (Å²) in [4.78, 5) is 13.7. The summed E-state index contributed by atoms with van der Waals surface area (Å²) in [6, 6.07) is 16.4. The quantitative estimate of drug-likeness (QED) is 0.338. The van der Waals surface area contributed by atoms with E-state index in [0.29, 0.717) is 28.5 Å². The Morgan fingerprint density at radius 2 is 1.71 bits per heavy atom. The van der Waals surface area contributed by atoms with E-state index in [-0.39, 0.29) is 10.5 Å². The molecule has 0 aliphatic heterocycles. The van der Waals surface area contributed by atoms with E-state index in [9.17, 15) is 13.2 Å². The molecule has 5 rings (SSSR count). The van der Waals surface area contributed by atoms with Crippen molar-refractivity contribution in [3.8, 4) is 5.82 Å². The SMILES string of the molecule is Cc1cc(C)n(-c2ccc(Nc3ccc(NS(=O)(=O)c4ccc5oc(=O)[nH]c5c4)cc3)nn2)n1. The van der Waals surface area contributed by atoms with Crippen LogP contribution >= 0.6 is 0 Å². The van der Waals surface area contributed by atoms with Crippen molar-refractivity contribution in [2.45, 2.75) is 18.7 Å². The van der Waals surface area contributed by atoms with Gasteiger partial charge >= 0.3 is 5.76 Å². The second-order valence-corrected chi connectivity index (χ2v) is 9.28. The molecule has 172 valence electrons. The molecule has 34 heavy (non-hydrogen) atoms. The van der Waals surface area contributed by atoms with Crippen LogP contribution < -0.4 is 15.8 Å². The molecule has 0 fully saturated rings. The molecule has 0 unspecified atom stereocenters. The Balaban J connectivity index is 1.28. The van der Waals surface area contributed by atoms with Crippen LogP contribution in [0.5, 0.6) is 0 Å². The van der Waals surface area contributed by atoms with E-state index in [4.69, 9.17) is 4.42 Å². The number of nitrogens with zero attached hydrogens (tertiary/aromatic N) is 4. The maximum absolute atomic E-state index is 12.7. The summed E-state index contributed by atoms with van der Waals surface area (Å²) in [5.74, 6) is 0.492. The molecule has 5 aromatic rings. The Morgan fingerprint density at radius 3 is 2.38 bits per heavy atom. The number of fused-ring (bicyclic) bond motifs is 1. The molecule has 0 saturated carbocycles. The highest BCUT2D eigenvalue weighted by Gasteiger charge is 2.16. The molecule has 0 bridgehead atoms. The molecule has 0 aliphatic rings. The van der Waals surface area contributed by atoms with Gasteiger partial charge in [0.2, 0.25) is 0 Å². The first-order chi connectivity index (χ1) is 16.3. The Morgan fingerprint density at radius 1 is 0.941 bits per heavy atom. The molecule has 0 atom stereocenters. The number of anilines is 3. The van der Waals surface area contributed by atoms with Gasteiger partial charge in [0.25, 0.3) is 10.0 Å². The van der Waals surface area contributed by atoms with Crippen molar-refractivity contribution in [1.29, 1.82) is 0 Å². The minimum Gasteiger partial charge on any atom is -0.408 e. The molecule has 0 amide bonds. The zero-order valence-corrected chi connectivity index (χ0v) is 18.9. The highest BCUT2D eigenvalue weighted by Crippen LogP contribution is 2.22. The lowest BCUT2D eigenvalue weighted by Crippen LogP contribution is -2.12. The zero-order chi connectivity index (χ0) is 23.9. The molecular formula is C22H19N7O4S. The van der Waals surface area contributed by atoms with Crippen LogP contribution in [-0.2, 0) is 10.0 Å². The maximum atomic E-state index is 12.7. The normalized spacial score (nSPS) is 11.6. The van der Waals surface area contributed by atoms with Crippen LogP contribution in [0.2, 0.25) is 0 Å². The minimum atomic E-state index is -3.86. The Kier molecular flexibility index (Phi) is 5.13. The second kappa shape index (κ2) is 8.15. The highest BCUT2D eigenvalue weighted by molar-refractivity contribution is 7.92. The zero-order valence-electron chi connectivity index (χ0n) is 18.1. The first-order valence-electron chi connectivity index (χ1n) is 10.2. The molecular weight excluding hydrogens is 458 g/mol. The number of nitrogens with one attached hydrogen (secondary N) is 3. The first-order valence-corrected chi connectivity index (χ1v) is 11.7. The molecule has 0 radical (unpaired) electrons. The largest absolute Gasteiger partial charge is 0.417 e. The molecule has 11 nitrogen and oxygen atoms in total. The standard InChI is InChI=1S/C22H19N7O4S/c1-13-11-14(2)29(27-13)21-10-9-20(25-26-21)23-15-3-5-16(6-4-15)28-34(31,32)17-7-8-19-18(12-17)24-22(30)33-19/h3-12,28H,1-2H3,(H,23,25)(H,24,30). The molecule has 3 aromatic heterocycles. The second-order valence-electron chi connectivity index (χ2n) is 7.60. The third kappa shape index (κ3) is 4.26. The number of aromatic nitrogens is 5. The van der Waals surface area contributed by atoms with Crippen molar-refractivity contribution in [2.24, 2.45) is 0 Å². The van der Waals surface area contributed by atoms with Gasteiger partial charge in [0.15, 0.2) is 17.2 Å². The number of sulfonamides is 1. The van der Waals surface area contributed by atoms with Gasteiger partial charge in [-0.1, -0.05) is 0 Å². The summed E-state index contributed by atoms with van der Waals surface area (Å²) in [7, 11) is -3.86. The number of hydrogen-bond acceptors (Lipinski definition) is 8. The monoisotopic (exact) mass is 477 g/mol. The lowest BCUT2D eigenvalue weighted by Gasteiger charge is -2.10. The van der Waals surface area contributed by atoms with Crippen LogP contribution in [0.3, 0.4) is 0 Å². The van der Waals surface area contributed by atoms with Gasteiger partial charge in [-0.25, -0.2) is 17.9 Å². The van der Waals surface area contributed by atoms with Crippen LogP contribution in [0, 0.1) is 13.8 Å². The van der Waals surface area contributed by atoms with Crippen molar-refractivity contribution in [2.75, 3.05) is 10.0 Å². The van der Waals surface area contributed by atoms with E-state index in [1.54, 1.807) is 41.1 Å². The van der Waals surface area contributed by atoms with Gasteiger partial charge in [-0.2, -0.15) is 5.10 Å². The van der Waals surface area contributed by atoms with Crippen LogP contribution in [0.4, 0.5) is 17.2 Å². The minimum absolute atomic E-state index is 0.00257. The molecule has 3 N–H and O–H groups in total. The van der Waals surface area contributed by atoms with Crippen molar-refractivity contribution in [3.05, 3.63) is 82.6 Å². The van der Waals surface area contributed by atoms with Crippen molar-refractivity contribution >= 4 is 38.3 Å². The fourth-order valence-corrected chi connectivity index (χ4v) is 4.53. The van der Waals surface area contributed by atoms with Crippen molar-refractivity contribution < 1.29 is 12.8 Å². The van der Waals surface area contributed by atoms with Gasteiger partial charge in [0.05, 0.1) is 16.1 Å². The summed E-state index contributed by atoms with van der Waals surface area (Å²) >= 11 is 0. The molecule has 2 aromatic carbocycles. The van der Waals surface area contributed by atoms with Gasteiger partial charge in [-0.3, -0.25) is 9.71 Å². The molecule has 0 saturated heterocycles. The number of hydrogen-bond donors (Lipinski definition) is 3. The van der Waals surface area contributed by atoms with Gasteiger partial charge in [-0.15, -0.1) is 10.2 Å². The lowest BCUT2D eigenvalue weighted by molar-refractivity contribution is 0.555. The molecule has 0 aliphatic carbocycles. The summed E-state index contributed by atoms with van der Waals surface area (Å²) < 4.78 is 34.6. The van der Waals surface area contributed by atoms with E-state index in [1.165, 1.54) is 18.2 Å². The fourth-order valence-electron chi connectivity index (χ4n) is 3.45. The summed E-state index contributed by atoms with van der Waals surface area (Å²) in [6.07, 6.45) is 0. The number of aryl methyl sites for hydroxylation is 2. The van der Waals surface area contributed by atoms with Gasteiger partial charge in [0.1, 0.15) is 0 Å². The lowest BCUT2D eigenvalue weighted by atomic mass is 10.3. The van der Waals surface area contributed by atoms with E-state index >= 15 is 0 Å². The van der Waals surface area contributed by atoms with Gasteiger partial charge < -0.3 is 9.73 Å². The Hall–Kier alpha value is -4.45. The summed E-state index contributed by atoms with van der Waals surface area (Å²) in [5.41, 5.74) is 3.52. The van der Waals surface area contributed by atoms with Gasteiger partial charge in [0, 0.05) is 17.1 Å². The third-order valence-corrected chi connectivity index (χ3v) is 6.37. The van der Waals surface area contributed by atoms with Crippen LogP contribution in [0.25, 0.3) is 16.9 Å². The number of oxazole rings is 1. The van der Waals surface area contributed by atoms with Crippen molar-refractivity contribution in [3.63, 3.8) is 0 Å². The molecule has 12 heteroatoms. The third-order valence-electron chi connectivity index (χ3n) is 4.99. The number of rotatable bonds is 6. The topological polar surface area (TPSA) is 148 Å². The Labute approximate surface area is 193 Å². The van der Waals surface area contributed by atoms with Crippen LogP contribution in [0.1, 0.15) is 11.4 Å². The van der Waals surface area contributed by atoms with E-state index in [1.807, 2.05) is 19.9 Å². The highest BCUT2D eigenvalue weighted by atomic mass is 32.2. The number of H-pyrrole nitrogens is 1. The van der Waals surface area contributed by atoms with E-state index < -0.39 is 15.8 Å². The predicted molar refractivity (Wildman–Crippen MR) is 126 cm³/mol. The molecule has 0 spiro atoms. The number of benzene rings is 2. The maximum Gasteiger partial charge on any atom is 0.417 e. The summed E-state index contributed by atoms with van der Waals surface area (Å²) in [6.45, 7) is 3.86. The van der Waals surface area contributed by atoms with E-state index in [0.717, 1.165) is 11.4 Å².